The van der Waals surface area contributed by atoms with Crippen molar-refractivity contribution in [1.82, 2.24) is 20.1 Å². The summed E-state index contributed by atoms with van der Waals surface area (Å²) in [6.07, 6.45) is 2.67. The van der Waals surface area contributed by atoms with Crippen molar-refractivity contribution < 1.29 is 4.74 Å². The first-order chi connectivity index (χ1) is 15.0. The first-order valence-electron chi connectivity index (χ1n) is 11.2. The minimum absolute atomic E-state index is 0.0305. The topological polar surface area (TPSA) is 53.0 Å². The van der Waals surface area contributed by atoms with Gasteiger partial charge in [-0.25, -0.2) is 4.98 Å². The Morgan fingerprint density at radius 2 is 1.97 bits per heavy atom. The lowest BCUT2D eigenvalue weighted by Gasteiger charge is -2.30. The van der Waals surface area contributed by atoms with Gasteiger partial charge in [-0.2, -0.15) is 0 Å². The molecule has 0 radical (unpaired) electrons. The summed E-state index contributed by atoms with van der Waals surface area (Å²) < 4.78 is 5.36. The first-order valence-corrected chi connectivity index (χ1v) is 12.1. The van der Waals surface area contributed by atoms with Crippen molar-refractivity contribution >= 4 is 17.3 Å². The molecule has 1 unspecified atom stereocenters. The third kappa shape index (κ3) is 7.02. The smallest absolute Gasteiger partial charge is 0.194 e. The molecule has 0 saturated carbocycles. The van der Waals surface area contributed by atoms with Gasteiger partial charge in [-0.15, -0.1) is 11.3 Å². The number of nitrogens with zero attached hydrogens (tertiary/aromatic N) is 4. The van der Waals surface area contributed by atoms with Crippen molar-refractivity contribution in [2.24, 2.45) is 10.9 Å². The summed E-state index contributed by atoms with van der Waals surface area (Å²) in [5.74, 6) is 1.74. The number of aliphatic imine (C=N–C) groups is 1. The number of piperidine rings is 1. The summed E-state index contributed by atoms with van der Waals surface area (Å²) in [6, 6.07) is 8.96. The van der Waals surface area contributed by atoms with Crippen LogP contribution in [-0.2, 0) is 24.4 Å². The minimum Gasteiger partial charge on any atom is -0.375 e. The number of likely N-dealkylation sites (tertiary alicyclic amines) is 1. The lowest BCUT2D eigenvalue weighted by atomic mass is 9.99. The van der Waals surface area contributed by atoms with Crippen LogP contribution in [0.3, 0.4) is 0 Å². The Morgan fingerprint density at radius 3 is 2.61 bits per heavy atom. The molecule has 0 bridgehead atoms. The Labute approximate surface area is 191 Å². The van der Waals surface area contributed by atoms with Gasteiger partial charge in [0.15, 0.2) is 5.96 Å². The molecule has 1 aliphatic heterocycles. The van der Waals surface area contributed by atoms with Crippen LogP contribution in [0, 0.1) is 5.92 Å². The molecule has 1 saturated heterocycles. The zero-order valence-electron chi connectivity index (χ0n) is 19.6. The summed E-state index contributed by atoms with van der Waals surface area (Å²) in [5.41, 5.74) is 3.69. The average Bonchev–Trinajstić information content (AvgIpc) is 3.24. The minimum atomic E-state index is 0.0305. The van der Waals surface area contributed by atoms with E-state index in [9.17, 15) is 0 Å². The van der Waals surface area contributed by atoms with E-state index < -0.39 is 0 Å². The molecule has 3 rings (SSSR count). The number of benzene rings is 1. The highest BCUT2D eigenvalue weighted by molar-refractivity contribution is 7.09. The summed E-state index contributed by atoms with van der Waals surface area (Å²) >= 11 is 1.64. The Morgan fingerprint density at radius 1 is 1.29 bits per heavy atom. The number of hydrogen-bond acceptors (Lipinski definition) is 5. The Hall–Kier alpha value is -1.96. The van der Waals surface area contributed by atoms with E-state index >= 15 is 0 Å². The van der Waals surface area contributed by atoms with Gasteiger partial charge >= 0.3 is 0 Å². The van der Waals surface area contributed by atoms with Gasteiger partial charge in [0.2, 0.25) is 0 Å². The second kappa shape index (κ2) is 11.6. The molecule has 0 spiro atoms. The van der Waals surface area contributed by atoms with E-state index in [0.29, 0.717) is 6.54 Å². The zero-order chi connectivity index (χ0) is 22.2. The molecule has 31 heavy (non-hydrogen) atoms. The molecule has 1 aromatic carbocycles. The summed E-state index contributed by atoms with van der Waals surface area (Å²) in [7, 11) is 5.57. The lowest BCUT2D eigenvalue weighted by molar-refractivity contribution is 0.119. The second-order valence-electron chi connectivity index (χ2n) is 8.59. The van der Waals surface area contributed by atoms with Gasteiger partial charge in [-0.3, -0.25) is 9.89 Å². The van der Waals surface area contributed by atoms with Crippen LogP contribution >= 0.6 is 11.3 Å². The third-order valence-corrected chi connectivity index (χ3v) is 7.05. The van der Waals surface area contributed by atoms with Gasteiger partial charge in [0, 0.05) is 39.7 Å². The molecule has 7 heteroatoms. The van der Waals surface area contributed by atoms with Gasteiger partial charge in [0.25, 0.3) is 0 Å². The number of guanidine groups is 1. The van der Waals surface area contributed by atoms with Crippen molar-refractivity contribution in [2.75, 3.05) is 34.3 Å². The predicted octanol–water partition coefficient (Wildman–Crippen LogP) is 4.29. The maximum absolute atomic E-state index is 5.36. The van der Waals surface area contributed by atoms with E-state index in [1.807, 2.05) is 21.0 Å². The average molecular weight is 444 g/mol. The predicted molar refractivity (Wildman–Crippen MR) is 129 cm³/mol. The van der Waals surface area contributed by atoms with Crippen LogP contribution in [0.25, 0.3) is 0 Å². The van der Waals surface area contributed by atoms with E-state index in [2.05, 4.69) is 61.7 Å². The summed E-state index contributed by atoms with van der Waals surface area (Å²) in [5, 5.41) is 6.57. The van der Waals surface area contributed by atoms with Gasteiger partial charge in [-0.1, -0.05) is 31.2 Å². The largest absolute Gasteiger partial charge is 0.375 e. The Kier molecular flexibility index (Phi) is 8.87. The lowest BCUT2D eigenvalue weighted by Crippen LogP contribution is -2.38. The van der Waals surface area contributed by atoms with Gasteiger partial charge in [-0.05, 0) is 49.9 Å². The number of methoxy groups -OCH3 is 1. The highest BCUT2D eigenvalue weighted by Crippen LogP contribution is 2.21. The van der Waals surface area contributed by atoms with Crippen LogP contribution in [-0.4, -0.2) is 55.0 Å². The molecule has 0 amide bonds. The SMILES string of the molecule is CN=C(NCc1ccc(CN2CCC(C)CC2)cc1)N(C)Cc1csc(C(C)OC)n1. The maximum atomic E-state index is 5.36. The van der Waals surface area contributed by atoms with Crippen molar-refractivity contribution in [3.63, 3.8) is 0 Å². The Bertz CT molecular complexity index is 827. The van der Waals surface area contributed by atoms with Gasteiger partial charge in [0.1, 0.15) is 11.1 Å². The number of hydrogen-bond donors (Lipinski definition) is 1. The van der Waals surface area contributed by atoms with Crippen molar-refractivity contribution in [1.29, 1.82) is 0 Å². The van der Waals surface area contributed by atoms with Crippen molar-refractivity contribution in [2.45, 2.75) is 52.4 Å². The van der Waals surface area contributed by atoms with Crippen LogP contribution in [0.1, 0.15) is 54.6 Å². The van der Waals surface area contributed by atoms with Crippen LogP contribution < -0.4 is 5.32 Å². The fraction of sp³-hybridized carbons (Fsp3) is 0.583. The third-order valence-electron chi connectivity index (χ3n) is 6.00. The van der Waals surface area contributed by atoms with Crippen LogP contribution in [0.2, 0.25) is 0 Å². The monoisotopic (exact) mass is 443 g/mol. The van der Waals surface area contributed by atoms with Crippen LogP contribution in [0.4, 0.5) is 0 Å². The van der Waals surface area contributed by atoms with E-state index in [1.165, 1.54) is 37.1 Å². The van der Waals surface area contributed by atoms with E-state index in [0.717, 1.165) is 35.7 Å². The van der Waals surface area contributed by atoms with E-state index in [-0.39, 0.29) is 6.10 Å². The molecule has 6 nitrogen and oxygen atoms in total. The molecule has 2 heterocycles. The number of rotatable bonds is 8. The first kappa shape index (κ1) is 23.7. The molecule has 2 aromatic rings. The highest BCUT2D eigenvalue weighted by atomic mass is 32.1. The highest BCUT2D eigenvalue weighted by Gasteiger charge is 2.16. The second-order valence-corrected chi connectivity index (χ2v) is 9.48. The standard InChI is InChI=1S/C24H37N5OS/c1-18-10-12-29(13-11-18)15-21-8-6-20(7-9-21)14-26-24(25-3)28(4)16-22-17-31-23(27-22)19(2)30-5/h6-9,17-19H,10-16H2,1-5H3,(H,25,26). The molecule has 0 aliphatic carbocycles. The molecular weight excluding hydrogens is 406 g/mol. The van der Waals surface area contributed by atoms with E-state index in [1.54, 1.807) is 18.4 Å². The molecule has 1 atom stereocenters. The van der Waals surface area contributed by atoms with Crippen molar-refractivity contribution in [3.8, 4) is 0 Å². The molecule has 1 N–H and O–H groups in total. The van der Waals surface area contributed by atoms with Gasteiger partial charge < -0.3 is 15.0 Å². The molecule has 1 fully saturated rings. The molecule has 1 aliphatic rings. The normalized spacial score (nSPS) is 17.0. The summed E-state index contributed by atoms with van der Waals surface area (Å²) in [4.78, 5) is 13.8. The summed E-state index contributed by atoms with van der Waals surface area (Å²) in [6.45, 7) is 9.34. The molecule has 1 aromatic heterocycles. The number of thiazole rings is 1. The maximum Gasteiger partial charge on any atom is 0.194 e. The van der Waals surface area contributed by atoms with Crippen molar-refractivity contribution in [3.05, 3.63) is 51.5 Å². The fourth-order valence-electron chi connectivity index (χ4n) is 3.81. The number of nitrogens with one attached hydrogen (secondary N) is 1. The van der Waals surface area contributed by atoms with Crippen LogP contribution in [0.5, 0.6) is 0 Å². The molecular formula is C24H37N5OS. The molecule has 170 valence electrons. The van der Waals surface area contributed by atoms with Crippen LogP contribution in [0.15, 0.2) is 34.6 Å². The quantitative estimate of drug-likeness (QED) is 0.487. The Balaban J connectivity index is 1.47. The van der Waals surface area contributed by atoms with Gasteiger partial charge in [0.05, 0.1) is 12.2 Å². The number of ether oxygens (including phenoxy) is 1. The fourth-order valence-corrected chi connectivity index (χ4v) is 4.65. The van der Waals surface area contributed by atoms with E-state index in [4.69, 9.17) is 4.74 Å². The zero-order valence-corrected chi connectivity index (χ0v) is 20.4. The number of aromatic nitrogens is 1.